The number of aryl methyl sites for hydroxylation is 2. The van der Waals surface area contributed by atoms with Gasteiger partial charge >= 0.3 is 0 Å². The summed E-state index contributed by atoms with van der Waals surface area (Å²) in [4.78, 5) is 12.4. The number of carbonyl (C=O) groups is 1. The van der Waals surface area contributed by atoms with Gasteiger partial charge in [0.2, 0.25) is 5.91 Å². The second-order valence-electron chi connectivity index (χ2n) is 6.31. The minimum absolute atomic E-state index is 0. The molecule has 22 heavy (non-hydrogen) atoms. The van der Waals surface area contributed by atoms with E-state index in [2.05, 4.69) is 41.0 Å². The highest BCUT2D eigenvalue weighted by molar-refractivity contribution is 6.05. The van der Waals surface area contributed by atoms with E-state index in [-0.39, 0.29) is 24.2 Å². The van der Waals surface area contributed by atoms with Crippen molar-refractivity contribution in [1.29, 1.82) is 0 Å². The van der Waals surface area contributed by atoms with Crippen molar-refractivity contribution < 1.29 is 4.79 Å². The maximum absolute atomic E-state index is 12.4. The molecular weight excluding hydrogens is 296 g/mol. The summed E-state index contributed by atoms with van der Waals surface area (Å²) >= 11 is 0. The zero-order chi connectivity index (χ0) is 14.4. The fourth-order valence-electron chi connectivity index (χ4n) is 3.48. The normalized spacial score (nSPS) is 17.7. The zero-order valence-corrected chi connectivity index (χ0v) is 13.5. The number of benzene rings is 2. The van der Waals surface area contributed by atoms with Crippen LogP contribution in [0.3, 0.4) is 0 Å². The van der Waals surface area contributed by atoms with Gasteiger partial charge in [-0.05, 0) is 54.4 Å². The Bertz CT molecular complexity index is 714. The summed E-state index contributed by atoms with van der Waals surface area (Å²) in [6.45, 7) is 3.94. The molecule has 0 bridgehead atoms. The predicted octanol–water partition coefficient (Wildman–Crippen LogP) is 3.15. The van der Waals surface area contributed by atoms with Crippen molar-refractivity contribution in [3.8, 4) is 0 Å². The molecule has 0 spiro atoms. The largest absolute Gasteiger partial charge is 0.325 e. The van der Waals surface area contributed by atoms with Crippen LogP contribution in [0.4, 0.5) is 5.69 Å². The first-order chi connectivity index (χ1) is 10.2. The van der Waals surface area contributed by atoms with Crippen molar-refractivity contribution in [3.05, 3.63) is 41.5 Å². The van der Waals surface area contributed by atoms with Crippen molar-refractivity contribution in [2.75, 3.05) is 18.4 Å². The zero-order valence-electron chi connectivity index (χ0n) is 12.7. The van der Waals surface area contributed by atoms with Gasteiger partial charge in [0.05, 0.1) is 0 Å². The molecule has 1 saturated heterocycles. The summed E-state index contributed by atoms with van der Waals surface area (Å²) in [5, 5.41) is 8.93. The van der Waals surface area contributed by atoms with E-state index in [9.17, 15) is 4.79 Å². The molecule has 1 heterocycles. The number of amides is 1. The number of anilines is 1. The summed E-state index contributed by atoms with van der Waals surface area (Å²) in [5.74, 6) is 0.677. The molecule has 1 aliphatic heterocycles. The molecule has 2 aliphatic rings. The topological polar surface area (TPSA) is 41.1 Å². The van der Waals surface area contributed by atoms with Crippen LogP contribution in [0.1, 0.15) is 18.1 Å². The average Bonchev–Trinajstić information content (AvgIpc) is 2.85. The number of hydrogen-bond donors (Lipinski definition) is 2. The van der Waals surface area contributed by atoms with Gasteiger partial charge in [-0.2, -0.15) is 0 Å². The van der Waals surface area contributed by atoms with E-state index in [1.54, 1.807) is 0 Å². The van der Waals surface area contributed by atoms with Gasteiger partial charge in [-0.1, -0.05) is 31.2 Å². The highest BCUT2D eigenvalue weighted by Crippen LogP contribution is 2.35. The Morgan fingerprint density at radius 2 is 1.91 bits per heavy atom. The molecule has 1 amide bonds. The standard InChI is InChI=1S/C18H20N2O.ClH/c1-11(14-9-19-10-14)18(21)20-16-8-7-13-6-5-12-3-2-4-15(16)17(12)13;/h2-4,7-8,11,14,19H,5-6,9-10H2,1H3,(H,20,21);1H. The molecule has 1 aliphatic carbocycles. The molecule has 1 atom stereocenters. The lowest BCUT2D eigenvalue weighted by Gasteiger charge is -2.31. The third kappa shape index (κ3) is 2.38. The van der Waals surface area contributed by atoms with Crippen LogP contribution >= 0.6 is 12.4 Å². The molecule has 4 heteroatoms. The first kappa shape index (κ1) is 15.3. The summed E-state index contributed by atoms with van der Waals surface area (Å²) in [5.41, 5.74) is 3.78. The lowest BCUT2D eigenvalue weighted by molar-refractivity contribution is -0.121. The van der Waals surface area contributed by atoms with Crippen LogP contribution < -0.4 is 10.6 Å². The van der Waals surface area contributed by atoms with Crippen LogP contribution in [-0.4, -0.2) is 19.0 Å². The molecule has 4 rings (SSSR count). The van der Waals surface area contributed by atoms with Crippen LogP contribution in [0, 0.1) is 11.8 Å². The quantitative estimate of drug-likeness (QED) is 0.913. The molecule has 2 N–H and O–H groups in total. The summed E-state index contributed by atoms with van der Waals surface area (Å²) in [7, 11) is 0. The predicted molar refractivity (Wildman–Crippen MR) is 92.8 cm³/mol. The van der Waals surface area contributed by atoms with Gasteiger partial charge in [-0.15, -0.1) is 12.4 Å². The van der Waals surface area contributed by atoms with Crippen LogP contribution in [0.15, 0.2) is 30.3 Å². The molecule has 0 aromatic heterocycles. The number of hydrogen-bond acceptors (Lipinski definition) is 2. The monoisotopic (exact) mass is 316 g/mol. The molecule has 2 aromatic rings. The second-order valence-corrected chi connectivity index (χ2v) is 6.31. The van der Waals surface area contributed by atoms with Gasteiger partial charge in [0, 0.05) is 17.0 Å². The highest BCUT2D eigenvalue weighted by atomic mass is 35.5. The molecule has 2 aromatic carbocycles. The first-order valence-electron chi connectivity index (χ1n) is 7.79. The Morgan fingerprint density at radius 3 is 2.59 bits per heavy atom. The Morgan fingerprint density at radius 1 is 1.18 bits per heavy atom. The average molecular weight is 317 g/mol. The maximum atomic E-state index is 12.4. The van der Waals surface area contributed by atoms with Gasteiger partial charge < -0.3 is 10.6 Å². The fourth-order valence-corrected chi connectivity index (χ4v) is 3.48. The van der Waals surface area contributed by atoms with Crippen molar-refractivity contribution in [2.24, 2.45) is 11.8 Å². The SMILES string of the molecule is CC(C(=O)Nc1ccc2c3c(cccc13)CC2)C1CNC1.Cl. The third-order valence-electron chi connectivity index (χ3n) is 5.07. The van der Waals surface area contributed by atoms with Gasteiger partial charge in [-0.3, -0.25) is 4.79 Å². The second kappa shape index (κ2) is 5.90. The molecule has 0 radical (unpaired) electrons. The van der Waals surface area contributed by atoms with Crippen LogP contribution in [0.25, 0.3) is 10.8 Å². The van der Waals surface area contributed by atoms with Crippen molar-refractivity contribution in [1.82, 2.24) is 5.32 Å². The Balaban J connectivity index is 0.00000144. The molecule has 116 valence electrons. The Kier molecular flexibility index (Phi) is 4.11. The van der Waals surface area contributed by atoms with E-state index in [0.717, 1.165) is 31.6 Å². The van der Waals surface area contributed by atoms with Crippen LogP contribution in [0.2, 0.25) is 0 Å². The number of nitrogens with one attached hydrogen (secondary N) is 2. The van der Waals surface area contributed by atoms with Crippen LogP contribution in [-0.2, 0) is 17.6 Å². The molecule has 1 fully saturated rings. The van der Waals surface area contributed by atoms with E-state index in [4.69, 9.17) is 0 Å². The minimum atomic E-state index is 0. The van der Waals surface area contributed by atoms with Crippen molar-refractivity contribution >= 4 is 34.8 Å². The maximum Gasteiger partial charge on any atom is 0.227 e. The Hall–Kier alpha value is -1.58. The minimum Gasteiger partial charge on any atom is -0.325 e. The third-order valence-corrected chi connectivity index (χ3v) is 5.07. The van der Waals surface area contributed by atoms with Crippen molar-refractivity contribution in [2.45, 2.75) is 19.8 Å². The molecule has 1 unspecified atom stereocenters. The van der Waals surface area contributed by atoms with Crippen molar-refractivity contribution in [3.63, 3.8) is 0 Å². The molecule has 0 saturated carbocycles. The van der Waals surface area contributed by atoms with Gasteiger partial charge in [0.15, 0.2) is 0 Å². The van der Waals surface area contributed by atoms with E-state index in [0.29, 0.717) is 5.92 Å². The van der Waals surface area contributed by atoms with Gasteiger partial charge in [0.25, 0.3) is 0 Å². The smallest absolute Gasteiger partial charge is 0.227 e. The first-order valence-corrected chi connectivity index (χ1v) is 7.79. The molecular formula is C18H21ClN2O. The Labute approximate surface area is 136 Å². The number of carbonyl (C=O) groups excluding carboxylic acids is 1. The summed E-state index contributed by atoms with van der Waals surface area (Å²) in [6.07, 6.45) is 2.24. The highest BCUT2D eigenvalue weighted by Gasteiger charge is 2.29. The number of halogens is 1. The molecule has 3 nitrogen and oxygen atoms in total. The fraction of sp³-hybridized carbons (Fsp3) is 0.389. The van der Waals surface area contributed by atoms with Gasteiger partial charge in [-0.25, -0.2) is 0 Å². The van der Waals surface area contributed by atoms with E-state index < -0.39 is 0 Å². The van der Waals surface area contributed by atoms with Gasteiger partial charge in [0.1, 0.15) is 0 Å². The van der Waals surface area contributed by atoms with E-state index in [1.165, 1.54) is 21.9 Å². The lowest BCUT2D eigenvalue weighted by Crippen LogP contribution is -2.48. The lowest BCUT2D eigenvalue weighted by atomic mass is 9.88. The number of rotatable bonds is 3. The van der Waals surface area contributed by atoms with Crippen LogP contribution in [0.5, 0.6) is 0 Å². The summed E-state index contributed by atoms with van der Waals surface area (Å²) < 4.78 is 0. The van der Waals surface area contributed by atoms with E-state index in [1.807, 2.05) is 6.92 Å². The summed E-state index contributed by atoms with van der Waals surface area (Å²) in [6, 6.07) is 10.7. The van der Waals surface area contributed by atoms with E-state index >= 15 is 0 Å².